The number of nitrogens with one attached hydrogen (secondary N) is 1. The van der Waals surface area contributed by atoms with E-state index >= 15 is 0 Å². The quantitative estimate of drug-likeness (QED) is 0.944. The average molecular weight is 307 g/mol. The number of hydrogen-bond donors (Lipinski definition) is 1. The third-order valence-corrected chi connectivity index (χ3v) is 5.60. The largest absolute Gasteiger partial charge is 0.312 e. The van der Waals surface area contributed by atoms with Gasteiger partial charge < -0.3 is 5.32 Å². The Labute approximate surface area is 124 Å². The number of fused-ring (bicyclic) bond motifs is 1. The maximum Gasteiger partial charge on any atom is 0.160 e. The van der Waals surface area contributed by atoms with E-state index < -0.39 is 22.4 Å². The summed E-state index contributed by atoms with van der Waals surface area (Å²) in [6.45, 7) is 0. The fourth-order valence-corrected chi connectivity index (χ4v) is 4.51. The maximum atomic E-state index is 13.3. The van der Waals surface area contributed by atoms with Crippen LogP contribution in [0, 0.1) is 11.6 Å². The summed E-state index contributed by atoms with van der Waals surface area (Å²) in [4.78, 5) is 0.326. The normalized spacial score (nSPS) is 22.0. The van der Waals surface area contributed by atoms with Gasteiger partial charge in [-0.15, -0.1) is 0 Å². The van der Waals surface area contributed by atoms with E-state index in [-0.39, 0.29) is 11.3 Å². The minimum atomic E-state index is -1.40. The van der Waals surface area contributed by atoms with Gasteiger partial charge in [0.1, 0.15) is 0 Å². The molecule has 2 aromatic carbocycles. The Morgan fingerprint density at radius 2 is 1.90 bits per heavy atom. The molecule has 0 amide bonds. The first kappa shape index (κ1) is 14.4. The third kappa shape index (κ3) is 2.51. The molecule has 0 saturated heterocycles. The summed E-state index contributed by atoms with van der Waals surface area (Å²) in [5.41, 5.74) is 2.28. The fraction of sp³-hybridized carbons (Fsp3) is 0.250. The number of hydrogen-bond acceptors (Lipinski definition) is 2. The smallest absolute Gasteiger partial charge is 0.160 e. The second kappa shape index (κ2) is 5.66. The van der Waals surface area contributed by atoms with Gasteiger partial charge in [0.25, 0.3) is 0 Å². The highest BCUT2D eigenvalue weighted by Gasteiger charge is 2.35. The molecule has 5 heteroatoms. The van der Waals surface area contributed by atoms with Crippen LogP contribution >= 0.6 is 0 Å². The summed E-state index contributed by atoms with van der Waals surface area (Å²) in [6.07, 6.45) is 0.660. The van der Waals surface area contributed by atoms with Crippen LogP contribution < -0.4 is 5.32 Å². The standard InChI is InChI=1S/C16H15F2NOS/c1-19-16-12-5-3-2-4-10(12)8-15(16)21(20)11-6-7-13(17)14(18)9-11/h2-7,9,15-16,19H,8H2,1H3. The molecule has 0 aromatic heterocycles. The summed E-state index contributed by atoms with van der Waals surface area (Å²) in [6, 6.07) is 11.3. The van der Waals surface area contributed by atoms with Crippen molar-refractivity contribution in [3.8, 4) is 0 Å². The van der Waals surface area contributed by atoms with Crippen LogP contribution in [0.1, 0.15) is 17.2 Å². The van der Waals surface area contributed by atoms with Crippen molar-refractivity contribution >= 4 is 10.8 Å². The lowest BCUT2D eigenvalue weighted by atomic mass is 10.1. The van der Waals surface area contributed by atoms with Crippen molar-refractivity contribution in [1.29, 1.82) is 0 Å². The molecule has 110 valence electrons. The third-order valence-electron chi connectivity index (χ3n) is 3.89. The van der Waals surface area contributed by atoms with Crippen LogP contribution in [-0.2, 0) is 17.2 Å². The molecule has 0 saturated carbocycles. The number of halogens is 2. The van der Waals surface area contributed by atoms with Crippen LogP contribution in [0.5, 0.6) is 0 Å². The highest BCUT2D eigenvalue weighted by molar-refractivity contribution is 7.85. The van der Waals surface area contributed by atoms with Gasteiger partial charge in [0.15, 0.2) is 11.6 Å². The van der Waals surface area contributed by atoms with E-state index in [0.717, 1.165) is 23.3 Å². The van der Waals surface area contributed by atoms with Gasteiger partial charge in [0.05, 0.1) is 16.0 Å². The molecule has 3 unspecified atom stereocenters. The number of rotatable bonds is 3. The molecule has 0 radical (unpaired) electrons. The van der Waals surface area contributed by atoms with Crippen molar-refractivity contribution in [2.45, 2.75) is 22.6 Å². The Balaban J connectivity index is 1.94. The minimum Gasteiger partial charge on any atom is -0.312 e. The Morgan fingerprint density at radius 3 is 2.62 bits per heavy atom. The molecule has 0 fully saturated rings. The van der Waals surface area contributed by atoms with Gasteiger partial charge >= 0.3 is 0 Å². The van der Waals surface area contributed by atoms with Crippen LogP contribution in [0.3, 0.4) is 0 Å². The van der Waals surface area contributed by atoms with Gasteiger partial charge in [0.2, 0.25) is 0 Å². The van der Waals surface area contributed by atoms with Crippen molar-refractivity contribution < 1.29 is 13.0 Å². The van der Waals surface area contributed by atoms with E-state index in [0.29, 0.717) is 11.3 Å². The molecule has 0 heterocycles. The van der Waals surface area contributed by atoms with E-state index in [2.05, 4.69) is 5.32 Å². The van der Waals surface area contributed by atoms with Gasteiger partial charge in [-0.3, -0.25) is 4.21 Å². The molecular formula is C16H15F2NOS. The highest BCUT2D eigenvalue weighted by atomic mass is 32.2. The molecule has 0 bridgehead atoms. The van der Waals surface area contributed by atoms with Gasteiger partial charge in [-0.2, -0.15) is 0 Å². The summed E-state index contributed by atoms with van der Waals surface area (Å²) in [5.74, 6) is -1.88. The van der Waals surface area contributed by atoms with Crippen LogP contribution in [-0.4, -0.2) is 16.5 Å². The van der Waals surface area contributed by atoms with Gasteiger partial charge in [0, 0.05) is 10.9 Å². The van der Waals surface area contributed by atoms with E-state index in [1.54, 1.807) is 0 Å². The van der Waals surface area contributed by atoms with Crippen LogP contribution in [0.15, 0.2) is 47.4 Å². The lowest BCUT2D eigenvalue weighted by Crippen LogP contribution is -2.29. The Bertz CT molecular complexity index is 704. The monoisotopic (exact) mass is 307 g/mol. The first-order valence-electron chi connectivity index (χ1n) is 6.72. The Morgan fingerprint density at radius 1 is 1.14 bits per heavy atom. The van der Waals surface area contributed by atoms with E-state index in [4.69, 9.17) is 0 Å². The van der Waals surface area contributed by atoms with Crippen molar-refractivity contribution in [3.05, 3.63) is 65.2 Å². The molecule has 1 aliphatic rings. The highest BCUT2D eigenvalue weighted by Crippen LogP contribution is 2.36. The second-order valence-electron chi connectivity index (χ2n) is 5.08. The first-order chi connectivity index (χ1) is 10.1. The van der Waals surface area contributed by atoms with Gasteiger partial charge in [-0.25, -0.2) is 8.78 Å². The van der Waals surface area contributed by atoms with Crippen LogP contribution in [0.4, 0.5) is 8.78 Å². The predicted molar refractivity (Wildman–Crippen MR) is 78.5 cm³/mol. The summed E-state index contributed by atoms with van der Waals surface area (Å²) in [7, 11) is 0.419. The van der Waals surface area contributed by atoms with E-state index in [9.17, 15) is 13.0 Å². The molecule has 3 rings (SSSR count). The fourth-order valence-electron chi connectivity index (χ4n) is 2.88. The molecule has 3 atom stereocenters. The SMILES string of the molecule is CNC1c2ccccc2CC1S(=O)c1ccc(F)c(F)c1. The molecule has 21 heavy (non-hydrogen) atoms. The lowest BCUT2D eigenvalue weighted by Gasteiger charge is -2.19. The van der Waals surface area contributed by atoms with Crippen molar-refractivity contribution in [1.82, 2.24) is 5.32 Å². The molecule has 2 aromatic rings. The maximum absolute atomic E-state index is 13.3. The number of benzene rings is 2. The lowest BCUT2D eigenvalue weighted by molar-refractivity contribution is 0.505. The topological polar surface area (TPSA) is 29.1 Å². The summed E-state index contributed by atoms with van der Waals surface area (Å²) >= 11 is 0. The summed E-state index contributed by atoms with van der Waals surface area (Å²) in [5, 5.41) is 3.00. The van der Waals surface area contributed by atoms with E-state index in [1.165, 1.54) is 6.07 Å². The van der Waals surface area contributed by atoms with Gasteiger partial charge in [-0.1, -0.05) is 24.3 Å². The van der Waals surface area contributed by atoms with Crippen molar-refractivity contribution in [2.24, 2.45) is 0 Å². The molecule has 0 aliphatic heterocycles. The first-order valence-corrected chi connectivity index (χ1v) is 7.94. The van der Waals surface area contributed by atoms with Crippen LogP contribution in [0.25, 0.3) is 0 Å². The minimum absolute atomic E-state index is 0.0462. The van der Waals surface area contributed by atoms with Crippen LogP contribution in [0.2, 0.25) is 0 Å². The Hall–Kier alpha value is -1.59. The Kier molecular flexibility index (Phi) is 3.87. The van der Waals surface area contributed by atoms with Crippen molar-refractivity contribution in [3.63, 3.8) is 0 Å². The van der Waals surface area contributed by atoms with E-state index in [1.807, 2.05) is 31.3 Å². The summed E-state index contributed by atoms with van der Waals surface area (Å²) < 4.78 is 39.1. The predicted octanol–water partition coefficient (Wildman–Crippen LogP) is 2.96. The zero-order valence-electron chi connectivity index (χ0n) is 11.5. The molecule has 2 nitrogen and oxygen atoms in total. The van der Waals surface area contributed by atoms with Crippen molar-refractivity contribution in [2.75, 3.05) is 7.05 Å². The van der Waals surface area contributed by atoms with Gasteiger partial charge in [-0.05, 0) is 42.8 Å². The molecule has 1 aliphatic carbocycles. The average Bonchev–Trinajstić information content (AvgIpc) is 2.87. The second-order valence-corrected chi connectivity index (χ2v) is 6.75. The zero-order chi connectivity index (χ0) is 15.0. The molecular weight excluding hydrogens is 292 g/mol. The molecule has 0 spiro atoms. The molecule has 1 N–H and O–H groups in total. The zero-order valence-corrected chi connectivity index (χ0v) is 12.3.